The van der Waals surface area contributed by atoms with Crippen LogP contribution in [0.5, 0.6) is 0 Å². The molecule has 0 saturated carbocycles. The Hall–Kier alpha value is -0.570. The summed E-state index contributed by atoms with van der Waals surface area (Å²) in [6.45, 7) is 2.05. The first-order chi connectivity index (χ1) is 4.18. The molecular weight excluding hydrogens is 116 g/mol. The van der Waals surface area contributed by atoms with Crippen LogP contribution in [0, 0.1) is 0 Å². The minimum Gasteiger partial charge on any atom is -0.284 e. The van der Waals surface area contributed by atoms with Gasteiger partial charge in [0.1, 0.15) is 0 Å². The predicted octanol–water partition coefficient (Wildman–Crippen LogP) is 0.509. The standard InChI is InChI=1S/C6H14N2O/c1-3-4-5-6(9)8(2)7/h3-5,7H2,1-2H3. The molecule has 0 aromatic heterocycles. The number of hydrazine groups is 1. The summed E-state index contributed by atoms with van der Waals surface area (Å²) in [4.78, 5) is 10.7. The molecule has 0 spiro atoms. The highest BCUT2D eigenvalue weighted by Gasteiger charge is 2.00. The van der Waals surface area contributed by atoms with Crippen LogP contribution in [0.15, 0.2) is 0 Å². The number of amides is 1. The van der Waals surface area contributed by atoms with E-state index in [0.29, 0.717) is 6.42 Å². The van der Waals surface area contributed by atoms with Crippen LogP contribution >= 0.6 is 0 Å². The second-order valence-electron chi connectivity index (χ2n) is 2.11. The van der Waals surface area contributed by atoms with Gasteiger partial charge in [0, 0.05) is 13.5 Å². The van der Waals surface area contributed by atoms with E-state index >= 15 is 0 Å². The SMILES string of the molecule is CCCCC(=O)N(C)N. The van der Waals surface area contributed by atoms with Gasteiger partial charge in [-0.15, -0.1) is 0 Å². The highest BCUT2D eigenvalue weighted by molar-refractivity contribution is 5.75. The Bertz CT molecular complexity index is 91.1. The molecule has 0 radical (unpaired) electrons. The lowest BCUT2D eigenvalue weighted by atomic mass is 10.2. The molecule has 54 valence electrons. The lowest BCUT2D eigenvalue weighted by Crippen LogP contribution is -2.32. The van der Waals surface area contributed by atoms with Crippen molar-refractivity contribution in [2.45, 2.75) is 26.2 Å². The summed E-state index contributed by atoms with van der Waals surface area (Å²) >= 11 is 0. The Balaban J connectivity index is 3.28. The molecule has 3 nitrogen and oxygen atoms in total. The number of nitrogens with two attached hydrogens (primary N) is 1. The van der Waals surface area contributed by atoms with Crippen molar-refractivity contribution in [3.8, 4) is 0 Å². The Morgan fingerprint density at radius 2 is 2.22 bits per heavy atom. The number of unbranched alkanes of at least 4 members (excludes halogenated alkanes) is 1. The van der Waals surface area contributed by atoms with E-state index in [2.05, 4.69) is 0 Å². The number of hydrogen-bond acceptors (Lipinski definition) is 2. The monoisotopic (exact) mass is 130 g/mol. The molecule has 0 unspecified atom stereocenters. The van der Waals surface area contributed by atoms with Crippen molar-refractivity contribution in [3.05, 3.63) is 0 Å². The van der Waals surface area contributed by atoms with Crippen LogP contribution < -0.4 is 5.84 Å². The smallest absolute Gasteiger partial charge is 0.236 e. The molecule has 0 rings (SSSR count). The Labute approximate surface area is 55.8 Å². The summed E-state index contributed by atoms with van der Waals surface area (Å²) in [5.74, 6) is 5.17. The molecule has 0 atom stereocenters. The fourth-order valence-corrected chi connectivity index (χ4v) is 0.504. The number of carbonyl (C=O) groups is 1. The number of nitrogens with zero attached hydrogens (tertiary/aromatic N) is 1. The lowest BCUT2D eigenvalue weighted by molar-refractivity contribution is -0.130. The first kappa shape index (κ1) is 8.43. The Morgan fingerprint density at radius 3 is 2.56 bits per heavy atom. The molecule has 0 heterocycles. The van der Waals surface area contributed by atoms with Crippen LogP contribution in [-0.4, -0.2) is 18.0 Å². The summed E-state index contributed by atoms with van der Waals surface area (Å²) < 4.78 is 0. The zero-order chi connectivity index (χ0) is 7.28. The molecule has 0 aliphatic heterocycles. The van der Waals surface area contributed by atoms with Gasteiger partial charge in [-0.3, -0.25) is 9.80 Å². The van der Waals surface area contributed by atoms with E-state index in [-0.39, 0.29) is 5.91 Å². The molecule has 9 heavy (non-hydrogen) atoms. The molecule has 0 aromatic carbocycles. The summed E-state index contributed by atoms with van der Waals surface area (Å²) in [5.41, 5.74) is 0. The van der Waals surface area contributed by atoms with Crippen LogP contribution in [0.2, 0.25) is 0 Å². The minimum atomic E-state index is 0.0110. The molecular formula is C6H14N2O. The van der Waals surface area contributed by atoms with E-state index in [1.54, 1.807) is 7.05 Å². The highest BCUT2D eigenvalue weighted by Crippen LogP contribution is 1.94. The minimum absolute atomic E-state index is 0.0110. The van der Waals surface area contributed by atoms with Crippen molar-refractivity contribution in [1.29, 1.82) is 0 Å². The maximum Gasteiger partial charge on any atom is 0.236 e. The van der Waals surface area contributed by atoms with E-state index in [0.717, 1.165) is 17.9 Å². The van der Waals surface area contributed by atoms with Gasteiger partial charge in [0.05, 0.1) is 0 Å². The third-order valence-corrected chi connectivity index (χ3v) is 1.14. The summed E-state index contributed by atoms with van der Waals surface area (Å²) in [7, 11) is 1.57. The topological polar surface area (TPSA) is 46.3 Å². The molecule has 0 fully saturated rings. The largest absolute Gasteiger partial charge is 0.284 e. The normalized spacial score (nSPS) is 9.22. The van der Waals surface area contributed by atoms with E-state index in [1.165, 1.54) is 0 Å². The highest BCUT2D eigenvalue weighted by atomic mass is 16.2. The van der Waals surface area contributed by atoms with E-state index < -0.39 is 0 Å². The average molecular weight is 130 g/mol. The zero-order valence-electron chi connectivity index (χ0n) is 6.05. The van der Waals surface area contributed by atoms with Crippen molar-refractivity contribution < 1.29 is 4.79 Å². The van der Waals surface area contributed by atoms with Gasteiger partial charge in [-0.05, 0) is 6.42 Å². The van der Waals surface area contributed by atoms with Crippen molar-refractivity contribution in [1.82, 2.24) is 5.01 Å². The zero-order valence-corrected chi connectivity index (χ0v) is 6.05. The van der Waals surface area contributed by atoms with Crippen LogP contribution in [0.3, 0.4) is 0 Å². The third kappa shape index (κ3) is 3.97. The Morgan fingerprint density at radius 1 is 1.67 bits per heavy atom. The van der Waals surface area contributed by atoms with Gasteiger partial charge in [-0.2, -0.15) is 0 Å². The second-order valence-corrected chi connectivity index (χ2v) is 2.11. The van der Waals surface area contributed by atoms with Crippen molar-refractivity contribution in [3.63, 3.8) is 0 Å². The van der Waals surface area contributed by atoms with Gasteiger partial charge in [0.25, 0.3) is 0 Å². The summed E-state index contributed by atoms with van der Waals surface area (Å²) in [6.07, 6.45) is 2.55. The fourth-order valence-electron chi connectivity index (χ4n) is 0.504. The van der Waals surface area contributed by atoms with Crippen molar-refractivity contribution in [2.75, 3.05) is 7.05 Å². The molecule has 3 heteroatoms. The van der Waals surface area contributed by atoms with Crippen LogP contribution in [0.4, 0.5) is 0 Å². The first-order valence-electron chi connectivity index (χ1n) is 3.19. The summed E-state index contributed by atoms with van der Waals surface area (Å²) in [6, 6.07) is 0. The maximum atomic E-state index is 10.7. The number of hydrogen-bond donors (Lipinski definition) is 1. The molecule has 0 aromatic rings. The predicted molar refractivity (Wildman–Crippen MR) is 36.5 cm³/mol. The van der Waals surface area contributed by atoms with Gasteiger partial charge in [-0.1, -0.05) is 13.3 Å². The fraction of sp³-hybridized carbons (Fsp3) is 0.833. The van der Waals surface area contributed by atoms with E-state index in [1.807, 2.05) is 6.92 Å². The van der Waals surface area contributed by atoms with Gasteiger partial charge in [0.15, 0.2) is 0 Å². The maximum absolute atomic E-state index is 10.7. The van der Waals surface area contributed by atoms with Gasteiger partial charge >= 0.3 is 0 Å². The number of carbonyl (C=O) groups excluding carboxylic acids is 1. The Kier molecular flexibility index (Phi) is 4.05. The molecule has 0 saturated heterocycles. The molecule has 2 N–H and O–H groups in total. The lowest BCUT2D eigenvalue weighted by Gasteiger charge is -2.07. The van der Waals surface area contributed by atoms with Gasteiger partial charge < -0.3 is 0 Å². The third-order valence-electron chi connectivity index (χ3n) is 1.14. The van der Waals surface area contributed by atoms with E-state index in [9.17, 15) is 4.79 Å². The summed E-state index contributed by atoms with van der Waals surface area (Å²) in [5, 5.41) is 1.13. The van der Waals surface area contributed by atoms with E-state index in [4.69, 9.17) is 5.84 Å². The van der Waals surface area contributed by atoms with Crippen LogP contribution in [0.25, 0.3) is 0 Å². The first-order valence-corrected chi connectivity index (χ1v) is 3.19. The molecule has 1 amide bonds. The molecule has 0 aliphatic carbocycles. The van der Waals surface area contributed by atoms with Crippen LogP contribution in [-0.2, 0) is 4.79 Å². The number of rotatable bonds is 3. The molecule has 0 aliphatic rings. The van der Waals surface area contributed by atoms with Gasteiger partial charge in [0.2, 0.25) is 5.91 Å². The van der Waals surface area contributed by atoms with Crippen LogP contribution in [0.1, 0.15) is 26.2 Å². The van der Waals surface area contributed by atoms with Gasteiger partial charge in [-0.25, -0.2) is 5.84 Å². The molecule has 0 bridgehead atoms. The quantitative estimate of drug-likeness (QED) is 0.343. The average Bonchev–Trinajstić information content (AvgIpc) is 1.82. The van der Waals surface area contributed by atoms with Crippen molar-refractivity contribution in [2.24, 2.45) is 5.84 Å². The second kappa shape index (κ2) is 4.32. The van der Waals surface area contributed by atoms with Crippen molar-refractivity contribution >= 4 is 5.91 Å².